The van der Waals surface area contributed by atoms with Crippen LogP contribution in [0.4, 0.5) is 0 Å². The predicted octanol–water partition coefficient (Wildman–Crippen LogP) is 6.35. The van der Waals surface area contributed by atoms with E-state index in [-0.39, 0.29) is 5.41 Å². The molecular weight excluding hydrogens is 336 g/mol. The van der Waals surface area contributed by atoms with Gasteiger partial charge in [-0.05, 0) is 48.7 Å². The highest BCUT2D eigenvalue weighted by Crippen LogP contribution is 2.55. The van der Waals surface area contributed by atoms with Crippen molar-refractivity contribution in [1.82, 2.24) is 0 Å². The first-order chi connectivity index (χ1) is 13.9. The van der Waals surface area contributed by atoms with E-state index in [1.54, 1.807) is 0 Å². The van der Waals surface area contributed by atoms with Crippen LogP contribution in [-0.2, 0) is 0 Å². The monoisotopic (exact) mass is 354 g/mol. The Morgan fingerprint density at radius 1 is 0.643 bits per heavy atom. The number of hydrogen-bond acceptors (Lipinski definition) is 0. The zero-order chi connectivity index (χ0) is 18.3. The minimum atomic E-state index is -0.0844. The van der Waals surface area contributed by atoms with Crippen LogP contribution in [0.2, 0.25) is 0 Å². The van der Waals surface area contributed by atoms with Gasteiger partial charge < -0.3 is 0 Å². The summed E-state index contributed by atoms with van der Waals surface area (Å²) in [5.74, 6) is 0.321. The summed E-state index contributed by atoms with van der Waals surface area (Å²) in [6, 6.07) is 20.4. The van der Waals surface area contributed by atoms with Crippen molar-refractivity contribution in [2.24, 2.45) is 5.41 Å². The fraction of sp³-hybridized carbons (Fsp3) is 0.0714. The minimum absolute atomic E-state index is 0.0844. The third-order valence-corrected chi connectivity index (χ3v) is 6.93. The molecule has 0 radical (unpaired) electrons. The Labute approximate surface area is 163 Å². The van der Waals surface area contributed by atoms with Crippen LogP contribution < -0.4 is 5.22 Å². The summed E-state index contributed by atoms with van der Waals surface area (Å²) in [5, 5.41) is 9.70. The van der Waals surface area contributed by atoms with Crippen molar-refractivity contribution < 1.29 is 0 Å². The van der Waals surface area contributed by atoms with Crippen molar-refractivity contribution >= 4 is 37.9 Å². The van der Waals surface area contributed by atoms with Gasteiger partial charge in [-0.2, -0.15) is 0 Å². The van der Waals surface area contributed by atoms with E-state index < -0.39 is 0 Å². The molecule has 0 bridgehead atoms. The van der Waals surface area contributed by atoms with E-state index in [1.807, 2.05) is 0 Å². The van der Waals surface area contributed by atoms with Crippen LogP contribution in [0.1, 0.15) is 11.5 Å². The molecule has 0 amide bonds. The van der Waals surface area contributed by atoms with Gasteiger partial charge in [0.1, 0.15) is 0 Å². The second-order valence-electron chi connectivity index (χ2n) is 8.14. The molecule has 28 heavy (non-hydrogen) atoms. The summed E-state index contributed by atoms with van der Waals surface area (Å²) >= 11 is 0. The zero-order valence-corrected chi connectivity index (χ0v) is 15.4. The normalized spacial score (nSPS) is 24.3. The Morgan fingerprint density at radius 3 is 2.21 bits per heavy atom. The zero-order valence-electron chi connectivity index (χ0n) is 15.4. The second-order valence-corrected chi connectivity index (χ2v) is 8.14. The molecule has 0 nitrogen and oxygen atoms in total. The first-order valence-corrected chi connectivity index (χ1v) is 10.0. The molecule has 7 rings (SSSR count). The van der Waals surface area contributed by atoms with Gasteiger partial charge in [-0.25, -0.2) is 0 Å². The number of hydrogen-bond donors (Lipinski definition) is 0. The molecule has 130 valence electrons. The first kappa shape index (κ1) is 14.6. The molecule has 3 aliphatic rings. The van der Waals surface area contributed by atoms with Crippen LogP contribution in [-0.4, -0.2) is 0 Å². The predicted molar refractivity (Wildman–Crippen MR) is 119 cm³/mol. The highest BCUT2D eigenvalue weighted by Gasteiger charge is 2.43. The van der Waals surface area contributed by atoms with Gasteiger partial charge in [0.05, 0.1) is 0 Å². The van der Waals surface area contributed by atoms with Gasteiger partial charge in [-0.3, -0.25) is 0 Å². The van der Waals surface area contributed by atoms with E-state index in [1.165, 1.54) is 48.7 Å². The van der Waals surface area contributed by atoms with E-state index in [4.69, 9.17) is 0 Å². The Bertz CT molecular complexity index is 1490. The third-order valence-electron chi connectivity index (χ3n) is 6.93. The molecule has 0 aromatic heterocycles. The first-order valence-electron chi connectivity index (χ1n) is 10.0. The van der Waals surface area contributed by atoms with Gasteiger partial charge in [0.15, 0.2) is 0 Å². The largest absolute Gasteiger partial charge is 0.0755 e. The molecule has 0 fully saturated rings. The van der Waals surface area contributed by atoms with Gasteiger partial charge in [0, 0.05) is 11.3 Å². The van der Waals surface area contributed by atoms with Gasteiger partial charge in [0.2, 0.25) is 0 Å². The lowest BCUT2D eigenvalue weighted by atomic mass is 9.59. The van der Waals surface area contributed by atoms with Crippen LogP contribution in [0, 0.1) is 5.41 Å². The van der Waals surface area contributed by atoms with E-state index in [9.17, 15) is 0 Å². The third kappa shape index (κ3) is 1.55. The molecule has 2 atom stereocenters. The van der Waals surface area contributed by atoms with E-state index in [0.29, 0.717) is 5.92 Å². The van der Waals surface area contributed by atoms with Crippen molar-refractivity contribution in [1.29, 1.82) is 0 Å². The summed E-state index contributed by atoms with van der Waals surface area (Å²) in [6.45, 7) is 0. The molecule has 4 aromatic rings. The smallest absolute Gasteiger partial charge is 0.0428 e. The molecule has 3 aliphatic carbocycles. The second kappa shape index (κ2) is 4.91. The lowest BCUT2D eigenvalue weighted by molar-refractivity contribution is 0.565. The van der Waals surface area contributed by atoms with Crippen molar-refractivity contribution in [3.05, 3.63) is 114 Å². The van der Waals surface area contributed by atoms with Gasteiger partial charge in [0.25, 0.3) is 0 Å². The van der Waals surface area contributed by atoms with Crippen LogP contribution in [0.5, 0.6) is 0 Å². The quantitative estimate of drug-likeness (QED) is 0.255. The minimum Gasteiger partial charge on any atom is -0.0755 e. The van der Waals surface area contributed by atoms with Crippen LogP contribution in [0.3, 0.4) is 0 Å². The SMILES string of the molecule is C1=CC2=c3cccc4c3c(c3cccc5cccc4c53)C3C=CC=CC23C=C1. The van der Waals surface area contributed by atoms with Crippen molar-refractivity contribution in [3.63, 3.8) is 0 Å². The van der Waals surface area contributed by atoms with E-state index >= 15 is 0 Å². The van der Waals surface area contributed by atoms with Gasteiger partial charge in [-0.1, -0.05) is 103 Å². The average molecular weight is 354 g/mol. The Morgan fingerprint density at radius 2 is 1.36 bits per heavy atom. The maximum absolute atomic E-state index is 2.41. The van der Waals surface area contributed by atoms with Crippen molar-refractivity contribution in [2.75, 3.05) is 0 Å². The summed E-state index contributed by atoms with van der Waals surface area (Å²) in [5.41, 5.74) is 2.82. The molecule has 0 saturated heterocycles. The highest BCUT2D eigenvalue weighted by atomic mass is 14.4. The molecule has 0 heteroatoms. The Balaban J connectivity index is 1.87. The fourth-order valence-electron chi connectivity index (χ4n) is 5.87. The lowest BCUT2D eigenvalue weighted by Crippen LogP contribution is -2.35. The Kier molecular flexibility index (Phi) is 2.57. The van der Waals surface area contributed by atoms with Crippen LogP contribution >= 0.6 is 0 Å². The maximum atomic E-state index is 2.41. The number of benzene rings is 4. The van der Waals surface area contributed by atoms with Crippen molar-refractivity contribution in [2.45, 2.75) is 5.92 Å². The van der Waals surface area contributed by atoms with Crippen LogP contribution in [0.25, 0.3) is 37.9 Å². The molecule has 2 unspecified atom stereocenters. The lowest BCUT2D eigenvalue weighted by Gasteiger charge is -2.43. The summed E-state index contributed by atoms with van der Waals surface area (Å²) in [6.07, 6.45) is 18.4. The number of fused-ring (bicyclic) bond motifs is 3. The molecule has 0 aliphatic heterocycles. The molecule has 1 spiro atoms. The Hall–Kier alpha value is -3.38. The van der Waals surface area contributed by atoms with Crippen LogP contribution in [0.15, 0.2) is 103 Å². The molecular formula is C28H18. The standard InChI is InChI=1S/C28H18/c1-3-16-28-17-4-2-15-24(28)27-22-13-6-9-18-8-5-10-19(25(18)22)20-11-7-12-21(26(20)27)23(28)14-1/h1-17,24H. The maximum Gasteiger partial charge on any atom is 0.0428 e. The topological polar surface area (TPSA) is 0 Å². The van der Waals surface area contributed by atoms with Gasteiger partial charge in [-0.15, -0.1) is 0 Å². The van der Waals surface area contributed by atoms with Gasteiger partial charge >= 0.3 is 0 Å². The summed E-state index contributed by atoms with van der Waals surface area (Å²) < 4.78 is 0. The number of allylic oxidation sites excluding steroid dienone is 8. The molecule has 0 saturated carbocycles. The van der Waals surface area contributed by atoms with E-state index in [0.717, 1.165) is 0 Å². The molecule has 0 heterocycles. The molecule has 0 N–H and O–H groups in total. The average Bonchev–Trinajstić information content (AvgIpc) is 2.76. The summed E-state index contributed by atoms with van der Waals surface area (Å²) in [7, 11) is 0. The van der Waals surface area contributed by atoms with E-state index in [2.05, 4.69) is 103 Å². The number of rotatable bonds is 0. The highest BCUT2D eigenvalue weighted by molar-refractivity contribution is 6.24. The van der Waals surface area contributed by atoms with Crippen molar-refractivity contribution in [3.8, 4) is 0 Å². The summed E-state index contributed by atoms with van der Waals surface area (Å²) in [4.78, 5) is 0. The molecule has 4 aromatic carbocycles. The fourth-order valence-corrected chi connectivity index (χ4v) is 5.87.